The molecule has 0 unspecified atom stereocenters. The third kappa shape index (κ3) is 4.66. The van der Waals surface area contributed by atoms with Gasteiger partial charge < -0.3 is 10.6 Å². The Labute approximate surface area is 126 Å². The molecule has 0 saturated heterocycles. The van der Waals surface area contributed by atoms with Crippen molar-refractivity contribution in [3.63, 3.8) is 0 Å². The molecule has 0 atom stereocenters. The number of hydrogen-bond donors (Lipinski definition) is 2. The number of alkyl halides is 1. The molecule has 0 bridgehead atoms. The van der Waals surface area contributed by atoms with Gasteiger partial charge in [0.25, 0.3) is 0 Å². The number of hydrogen-bond acceptors (Lipinski definition) is 3. The van der Waals surface area contributed by atoms with Gasteiger partial charge in [0.1, 0.15) is 5.82 Å². The summed E-state index contributed by atoms with van der Waals surface area (Å²) >= 11 is 3.24. The fourth-order valence-corrected chi connectivity index (χ4v) is 2.04. The smallest absolute Gasteiger partial charge is 0.225 e. The summed E-state index contributed by atoms with van der Waals surface area (Å²) in [5.41, 5.74) is 1.95. The Kier molecular flexibility index (Phi) is 5.55. The molecule has 4 nitrogen and oxygen atoms in total. The number of benzene rings is 1. The van der Waals surface area contributed by atoms with Crippen LogP contribution in [0.5, 0.6) is 0 Å². The van der Waals surface area contributed by atoms with E-state index in [1.807, 2.05) is 42.5 Å². The van der Waals surface area contributed by atoms with Crippen molar-refractivity contribution < 1.29 is 4.79 Å². The van der Waals surface area contributed by atoms with Gasteiger partial charge in [0.15, 0.2) is 0 Å². The topological polar surface area (TPSA) is 54.0 Å². The van der Waals surface area contributed by atoms with Gasteiger partial charge in [-0.1, -0.05) is 34.1 Å². The molecule has 5 heteroatoms. The van der Waals surface area contributed by atoms with Crippen molar-refractivity contribution in [2.24, 2.45) is 0 Å². The highest BCUT2D eigenvalue weighted by atomic mass is 79.9. The van der Waals surface area contributed by atoms with Gasteiger partial charge >= 0.3 is 0 Å². The number of nitrogens with zero attached hydrogens (tertiary/aromatic N) is 1. The number of aromatic nitrogens is 1. The van der Waals surface area contributed by atoms with Crippen LogP contribution in [0.1, 0.15) is 12.0 Å². The summed E-state index contributed by atoms with van der Waals surface area (Å²) in [5.74, 6) is 0.864. The number of carbonyl (C=O) groups is 1. The molecule has 1 aromatic carbocycles. The highest BCUT2D eigenvalue weighted by Crippen LogP contribution is 2.11. The van der Waals surface area contributed by atoms with E-state index in [1.165, 1.54) is 0 Å². The second-order valence-corrected chi connectivity index (χ2v) is 5.05. The summed E-state index contributed by atoms with van der Waals surface area (Å²) in [7, 11) is 0. The minimum absolute atomic E-state index is 0.0150. The Hall–Kier alpha value is -1.88. The lowest BCUT2D eigenvalue weighted by Gasteiger charge is -2.07. The third-order valence-corrected chi connectivity index (χ3v) is 3.09. The molecular weight excluding hydrogens is 318 g/mol. The molecule has 0 aliphatic carbocycles. The van der Waals surface area contributed by atoms with Gasteiger partial charge in [0.2, 0.25) is 5.91 Å². The third-order valence-electron chi connectivity index (χ3n) is 2.70. The lowest BCUT2D eigenvalue weighted by molar-refractivity contribution is -0.115. The van der Waals surface area contributed by atoms with Crippen molar-refractivity contribution in [1.82, 2.24) is 4.98 Å². The second kappa shape index (κ2) is 7.65. The monoisotopic (exact) mass is 333 g/mol. The summed E-state index contributed by atoms with van der Waals surface area (Å²) < 4.78 is 0. The Balaban J connectivity index is 1.87. The van der Waals surface area contributed by atoms with E-state index in [0.29, 0.717) is 18.3 Å². The number of carbonyl (C=O) groups excluding carboxylic acids is 1. The molecule has 0 saturated carbocycles. The summed E-state index contributed by atoms with van der Waals surface area (Å²) in [4.78, 5) is 15.6. The normalized spacial score (nSPS) is 10.1. The molecular formula is C15H16BrN3O. The van der Waals surface area contributed by atoms with Gasteiger partial charge in [-0.15, -0.1) is 0 Å². The zero-order valence-electron chi connectivity index (χ0n) is 11.0. The van der Waals surface area contributed by atoms with Gasteiger partial charge in [-0.3, -0.25) is 4.79 Å². The van der Waals surface area contributed by atoms with Crippen LogP contribution in [-0.4, -0.2) is 16.2 Å². The first-order valence-electron chi connectivity index (χ1n) is 6.37. The van der Waals surface area contributed by atoms with Crippen molar-refractivity contribution in [2.45, 2.75) is 13.0 Å². The van der Waals surface area contributed by atoms with E-state index in [0.717, 1.165) is 17.1 Å². The van der Waals surface area contributed by atoms with E-state index >= 15 is 0 Å². The van der Waals surface area contributed by atoms with Gasteiger partial charge in [0, 0.05) is 30.2 Å². The maximum atomic E-state index is 11.4. The van der Waals surface area contributed by atoms with E-state index in [2.05, 4.69) is 31.5 Å². The van der Waals surface area contributed by atoms with Crippen molar-refractivity contribution in [3.05, 3.63) is 54.2 Å². The first-order valence-corrected chi connectivity index (χ1v) is 7.50. The van der Waals surface area contributed by atoms with Gasteiger partial charge in [0.05, 0.1) is 0 Å². The quantitative estimate of drug-likeness (QED) is 0.796. The first-order chi connectivity index (χ1) is 9.78. The summed E-state index contributed by atoms with van der Waals surface area (Å²) in [6.07, 6.45) is 2.23. The highest BCUT2D eigenvalue weighted by Gasteiger charge is 2.01. The fraction of sp³-hybridized carbons (Fsp3) is 0.200. The zero-order valence-corrected chi connectivity index (χ0v) is 12.6. The molecule has 20 heavy (non-hydrogen) atoms. The van der Waals surface area contributed by atoms with E-state index in [1.54, 1.807) is 6.20 Å². The summed E-state index contributed by atoms with van der Waals surface area (Å²) in [6, 6.07) is 13.5. The Bertz CT molecular complexity index is 543. The lowest BCUT2D eigenvalue weighted by atomic mass is 10.2. The van der Waals surface area contributed by atoms with Crippen molar-refractivity contribution in [1.29, 1.82) is 0 Å². The molecule has 0 spiro atoms. The number of nitrogens with one attached hydrogen (secondary N) is 2. The molecule has 104 valence electrons. The van der Waals surface area contributed by atoms with E-state index in [-0.39, 0.29) is 5.91 Å². The number of pyridine rings is 1. The SMILES string of the molecule is O=C(CCBr)Nc1ccc(CNc2ccccn2)cc1. The molecule has 2 aromatic rings. The molecule has 1 aromatic heterocycles. The average molecular weight is 334 g/mol. The number of amides is 1. The van der Waals surface area contributed by atoms with Crippen LogP contribution in [0.25, 0.3) is 0 Å². The van der Waals surface area contributed by atoms with Crippen LogP contribution in [-0.2, 0) is 11.3 Å². The van der Waals surface area contributed by atoms with Gasteiger partial charge in [-0.2, -0.15) is 0 Å². The predicted octanol–water partition coefficient (Wildman–Crippen LogP) is 3.42. The molecule has 0 radical (unpaired) electrons. The average Bonchev–Trinajstić information content (AvgIpc) is 2.48. The van der Waals surface area contributed by atoms with Crippen LogP contribution in [0.4, 0.5) is 11.5 Å². The van der Waals surface area contributed by atoms with Crippen molar-refractivity contribution >= 4 is 33.3 Å². The van der Waals surface area contributed by atoms with Crippen molar-refractivity contribution in [3.8, 4) is 0 Å². The predicted molar refractivity (Wildman–Crippen MR) is 85.0 cm³/mol. The standard InChI is InChI=1S/C15H16BrN3O/c16-9-8-15(20)19-13-6-4-12(5-7-13)11-18-14-3-1-2-10-17-14/h1-7,10H,8-9,11H2,(H,17,18)(H,19,20). The largest absolute Gasteiger partial charge is 0.366 e. The number of rotatable bonds is 6. The first kappa shape index (κ1) is 14.5. The van der Waals surface area contributed by atoms with Crippen LogP contribution >= 0.6 is 15.9 Å². The van der Waals surface area contributed by atoms with E-state index in [4.69, 9.17) is 0 Å². The minimum Gasteiger partial charge on any atom is -0.366 e. The van der Waals surface area contributed by atoms with Crippen LogP contribution in [0.2, 0.25) is 0 Å². The maximum Gasteiger partial charge on any atom is 0.225 e. The van der Waals surface area contributed by atoms with Gasteiger partial charge in [-0.25, -0.2) is 4.98 Å². The highest BCUT2D eigenvalue weighted by molar-refractivity contribution is 9.09. The van der Waals surface area contributed by atoms with E-state index < -0.39 is 0 Å². The molecule has 0 aliphatic heterocycles. The van der Waals surface area contributed by atoms with Crippen LogP contribution < -0.4 is 10.6 Å². The molecule has 1 heterocycles. The van der Waals surface area contributed by atoms with Crippen LogP contribution in [0, 0.1) is 0 Å². The van der Waals surface area contributed by atoms with Gasteiger partial charge in [-0.05, 0) is 29.8 Å². The Morgan fingerprint density at radius 3 is 2.60 bits per heavy atom. The summed E-state index contributed by atoms with van der Waals surface area (Å²) in [5, 5.41) is 6.75. The minimum atomic E-state index is 0.0150. The Morgan fingerprint density at radius 1 is 1.15 bits per heavy atom. The lowest BCUT2D eigenvalue weighted by Crippen LogP contribution is -2.11. The molecule has 1 amide bonds. The zero-order chi connectivity index (χ0) is 14.2. The van der Waals surface area contributed by atoms with E-state index in [9.17, 15) is 4.79 Å². The van der Waals surface area contributed by atoms with Crippen LogP contribution in [0.3, 0.4) is 0 Å². The molecule has 2 rings (SSSR count). The Morgan fingerprint density at radius 2 is 1.95 bits per heavy atom. The van der Waals surface area contributed by atoms with Crippen molar-refractivity contribution in [2.75, 3.05) is 16.0 Å². The molecule has 0 aliphatic rings. The maximum absolute atomic E-state index is 11.4. The number of halogens is 1. The second-order valence-electron chi connectivity index (χ2n) is 4.25. The molecule has 0 fully saturated rings. The fourth-order valence-electron chi connectivity index (χ4n) is 1.68. The molecule has 2 N–H and O–H groups in total. The summed E-state index contributed by atoms with van der Waals surface area (Å²) in [6.45, 7) is 0.701. The number of anilines is 2. The van der Waals surface area contributed by atoms with Crippen LogP contribution in [0.15, 0.2) is 48.7 Å².